The van der Waals surface area contributed by atoms with Crippen LogP contribution in [0.5, 0.6) is 0 Å². The Labute approximate surface area is 102 Å². The van der Waals surface area contributed by atoms with E-state index in [9.17, 15) is 8.42 Å². The average molecular weight is 258 g/mol. The van der Waals surface area contributed by atoms with Crippen molar-refractivity contribution < 1.29 is 13.2 Å². The van der Waals surface area contributed by atoms with Crippen molar-refractivity contribution in [2.75, 3.05) is 18.9 Å². The van der Waals surface area contributed by atoms with Gasteiger partial charge in [-0.05, 0) is 26.0 Å². The summed E-state index contributed by atoms with van der Waals surface area (Å²) in [4.78, 5) is 0.100. The molecule has 1 unspecified atom stereocenters. The molecule has 0 aliphatic heterocycles. The second kappa shape index (κ2) is 6.00. The van der Waals surface area contributed by atoms with Crippen LogP contribution in [0.4, 0.5) is 5.69 Å². The average Bonchev–Trinajstić information content (AvgIpc) is 2.26. The number of nitrogen functional groups attached to an aromatic ring is 1. The standard InChI is InChI=1S/C11H18N2O3S/c1-3-16-8-9(2)13-17(14,15)11-7-5-4-6-10(11)12/h4-7,9,13H,3,8,12H2,1-2H3. The maximum Gasteiger partial charge on any atom is 0.242 e. The van der Waals surface area contributed by atoms with E-state index in [0.717, 1.165) is 0 Å². The van der Waals surface area contributed by atoms with E-state index in [1.165, 1.54) is 6.07 Å². The molecule has 0 spiro atoms. The molecule has 5 nitrogen and oxygen atoms in total. The molecule has 3 N–H and O–H groups in total. The quantitative estimate of drug-likeness (QED) is 0.745. The third-order valence-electron chi connectivity index (χ3n) is 2.14. The lowest BCUT2D eigenvalue weighted by molar-refractivity contribution is 0.133. The minimum Gasteiger partial charge on any atom is -0.398 e. The summed E-state index contributed by atoms with van der Waals surface area (Å²) in [7, 11) is -3.58. The number of nitrogens with one attached hydrogen (secondary N) is 1. The summed E-state index contributed by atoms with van der Waals surface area (Å²) < 4.78 is 31.6. The zero-order valence-corrected chi connectivity index (χ0v) is 10.8. The number of sulfonamides is 1. The first-order valence-electron chi connectivity index (χ1n) is 5.42. The van der Waals surface area contributed by atoms with Crippen LogP contribution in [0.25, 0.3) is 0 Å². The summed E-state index contributed by atoms with van der Waals surface area (Å²) in [6, 6.07) is 6.07. The number of rotatable bonds is 6. The van der Waals surface area contributed by atoms with Crippen molar-refractivity contribution >= 4 is 15.7 Å². The molecule has 0 saturated heterocycles. The molecule has 0 saturated carbocycles. The number of hydrogen-bond acceptors (Lipinski definition) is 4. The third-order valence-corrected chi connectivity index (χ3v) is 3.80. The van der Waals surface area contributed by atoms with E-state index in [2.05, 4.69) is 4.72 Å². The predicted molar refractivity (Wildman–Crippen MR) is 67.1 cm³/mol. The Bertz CT molecular complexity index is 460. The van der Waals surface area contributed by atoms with Gasteiger partial charge in [-0.2, -0.15) is 0 Å². The third kappa shape index (κ3) is 3.99. The molecule has 1 atom stereocenters. The normalized spacial score (nSPS) is 13.5. The van der Waals surface area contributed by atoms with Crippen LogP contribution in [0.2, 0.25) is 0 Å². The highest BCUT2D eigenvalue weighted by atomic mass is 32.2. The predicted octanol–water partition coefficient (Wildman–Crippen LogP) is 0.972. The Kier molecular flexibility index (Phi) is 4.92. The highest BCUT2D eigenvalue weighted by Crippen LogP contribution is 2.17. The minimum absolute atomic E-state index is 0.100. The summed E-state index contributed by atoms with van der Waals surface area (Å²) in [5.41, 5.74) is 5.87. The Morgan fingerprint density at radius 3 is 2.65 bits per heavy atom. The summed E-state index contributed by atoms with van der Waals surface area (Å²) in [6.45, 7) is 4.49. The molecule has 0 heterocycles. The van der Waals surface area contributed by atoms with E-state index in [4.69, 9.17) is 10.5 Å². The smallest absolute Gasteiger partial charge is 0.242 e. The fourth-order valence-electron chi connectivity index (χ4n) is 1.38. The molecular weight excluding hydrogens is 240 g/mol. The summed E-state index contributed by atoms with van der Waals surface area (Å²) in [5.74, 6) is 0. The van der Waals surface area contributed by atoms with Crippen molar-refractivity contribution in [2.24, 2.45) is 0 Å². The molecule has 1 aromatic carbocycles. The van der Waals surface area contributed by atoms with E-state index in [1.54, 1.807) is 25.1 Å². The number of hydrogen-bond donors (Lipinski definition) is 2. The van der Waals surface area contributed by atoms with Crippen molar-refractivity contribution in [3.8, 4) is 0 Å². The summed E-state index contributed by atoms with van der Waals surface area (Å²) >= 11 is 0. The summed E-state index contributed by atoms with van der Waals surface area (Å²) in [5, 5.41) is 0. The van der Waals surface area contributed by atoms with Gasteiger partial charge in [-0.25, -0.2) is 13.1 Å². The Balaban J connectivity index is 2.79. The lowest BCUT2D eigenvalue weighted by Crippen LogP contribution is -2.36. The van der Waals surface area contributed by atoms with Gasteiger partial charge in [0.25, 0.3) is 0 Å². The molecule has 0 fully saturated rings. The lowest BCUT2D eigenvalue weighted by Gasteiger charge is -2.14. The van der Waals surface area contributed by atoms with Crippen LogP contribution in [-0.2, 0) is 14.8 Å². The van der Waals surface area contributed by atoms with Crippen LogP contribution in [0.1, 0.15) is 13.8 Å². The molecule has 1 aromatic rings. The number of ether oxygens (including phenoxy) is 1. The van der Waals surface area contributed by atoms with E-state index >= 15 is 0 Å². The van der Waals surface area contributed by atoms with Crippen LogP contribution in [0, 0.1) is 0 Å². The molecule has 0 radical (unpaired) electrons. The SMILES string of the molecule is CCOCC(C)NS(=O)(=O)c1ccccc1N. The largest absolute Gasteiger partial charge is 0.398 e. The van der Waals surface area contributed by atoms with Gasteiger partial charge in [0.2, 0.25) is 10.0 Å². The number of para-hydroxylation sites is 1. The van der Waals surface area contributed by atoms with Crippen molar-refractivity contribution in [3.05, 3.63) is 24.3 Å². The van der Waals surface area contributed by atoms with Crippen LogP contribution in [0.15, 0.2) is 29.2 Å². The van der Waals surface area contributed by atoms with E-state index in [0.29, 0.717) is 13.2 Å². The van der Waals surface area contributed by atoms with E-state index in [-0.39, 0.29) is 16.6 Å². The number of benzene rings is 1. The monoisotopic (exact) mass is 258 g/mol. The Morgan fingerprint density at radius 1 is 1.41 bits per heavy atom. The van der Waals surface area contributed by atoms with Gasteiger partial charge in [-0.3, -0.25) is 0 Å². The molecule has 96 valence electrons. The zero-order chi connectivity index (χ0) is 12.9. The molecule has 0 aliphatic carbocycles. The highest BCUT2D eigenvalue weighted by molar-refractivity contribution is 7.89. The maximum atomic E-state index is 12.0. The van der Waals surface area contributed by atoms with Gasteiger partial charge >= 0.3 is 0 Å². The maximum absolute atomic E-state index is 12.0. The summed E-state index contributed by atoms with van der Waals surface area (Å²) in [6.07, 6.45) is 0. The van der Waals surface area contributed by atoms with Crippen LogP contribution < -0.4 is 10.5 Å². The van der Waals surface area contributed by atoms with Crippen LogP contribution >= 0.6 is 0 Å². The fourth-order valence-corrected chi connectivity index (χ4v) is 2.74. The Hall–Kier alpha value is -1.11. The van der Waals surface area contributed by atoms with Crippen LogP contribution in [0.3, 0.4) is 0 Å². The molecular formula is C11H18N2O3S. The molecule has 0 amide bonds. The fraction of sp³-hybridized carbons (Fsp3) is 0.455. The van der Waals surface area contributed by atoms with E-state index in [1.807, 2.05) is 6.92 Å². The van der Waals surface area contributed by atoms with Gasteiger partial charge in [0.05, 0.1) is 12.3 Å². The first-order valence-corrected chi connectivity index (χ1v) is 6.90. The first-order chi connectivity index (χ1) is 7.97. The van der Waals surface area contributed by atoms with Gasteiger partial charge in [0.15, 0.2) is 0 Å². The second-order valence-corrected chi connectivity index (χ2v) is 5.40. The number of anilines is 1. The van der Waals surface area contributed by atoms with E-state index < -0.39 is 10.0 Å². The Morgan fingerprint density at radius 2 is 2.06 bits per heavy atom. The molecule has 1 rings (SSSR count). The molecule has 0 bridgehead atoms. The first kappa shape index (κ1) is 14.0. The topological polar surface area (TPSA) is 81.4 Å². The molecule has 17 heavy (non-hydrogen) atoms. The second-order valence-electron chi connectivity index (χ2n) is 3.72. The number of nitrogens with two attached hydrogens (primary N) is 1. The minimum atomic E-state index is -3.58. The van der Waals surface area contributed by atoms with Crippen molar-refractivity contribution in [1.29, 1.82) is 0 Å². The van der Waals surface area contributed by atoms with Crippen molar-refractivity contribution in [1.82, 2.24) is 4.72 Å². The van der Waals surface area contributed by atoms with Crippen molar-refractivity contribution in [2.45, 2.75) is 24.8 Å². The van der Waals surface area contributed by atoms with Crippen LogP contribution in [-0.4, -0.2) is 27.7 Å². The molecule has 0 aromatic heterocycles. The molecule has 0 aliphatic rings. The lowest BCUT2D eigenvalue weighted by atomic mass is 10.3. The van der Waals surface area contributed by atoms with Gasteiger partial charge in [-0.15, -0.1) is 0 Å². The van der Waals surface area contributed by atoms with Gasteiger partial charge in [0, 0.05) is 12.6 Å². The van der Waals surface area contributed by atoms with Gasteiger partial charge in [0.1, 0.15) is 4.90 Å². The van der Waals surface area contributed by atoms with Crippen molar-refractivity contribution in [3.63, 3.8) is 0 Å². The zero-order valence-electron chi connectivity index (χ0n) is 10.0. The van der Waals surface area contributed by atoms with Gasteiger partial charge < -0.3 is 10.5 Å². The van der Waals surface area contributed by atoms with Gasteiger partial charge in [-0.1, -0.05) is 12.1 Å². The highest BCUT2D eigenvalue weighted by Gasteiger charge is 2.19. The molecule has 6 heteroatoms.